The number of amides is 1. The Morgan fingerprint density at radius 1 is 1.25 bits per heavy atom. The van der Waals surface area contributed by atoms with Crippen LogP contribution in [0.25, 0.3) is 0 Å². The van der Waals surface area contributed by atoms with Crippen LogP contribution in [-0.2, 0) is 20.0 Å². The van der Waals surface area contributed by atoms with Crippen LogP contribution in [0.1, 0.15) is 44.1 Å². The molecule has 1 amide bonds. The Hall–Kier alpha value is -2.21. The van der Waals surface area contributed by atoms with Crippen LogP contribution in [0.5, 0.6) is 5.75 Å². The first-order valence-corrected chi connectivity index (χ1v) is 13.0. The van der Waals surface area contributed by atoms with E-state index < -0.39 is 33.3 Å². The number of nitrogens with zero attached hydrogens (tertiary/aromatic N) is 2. The Bertz CT molecular complexity index is 1100. The van der Waals surface area contributed by atoms with Crippen molar-refractivity contribution in [1.29, 1.82) is 0 Å². The van der Waals surface area contributed by atoms with Gasteiger partial charge in [-0.2, -0.15) is 0 Å². The van der Waals surface area contributed by atoms with Crippen LogP contribution in [0.3, 0.4) is 0 Å². The minimum atomic E-state index is -4.96. The monoisotopic (exact) mass is 489 g/mol. The third-order valence-corrected chi connectivity index (χ3v) is 8.03. The van der Waals surface area contributed by atoms with Crippen LogP contribution in [0.15, 0.2) is 28.6 Å². The summed E-state index contributed by atoms with van der Waals surface area (Å²) in [5.74, 6) is -0.927. The summed E-state index contributed by atoms with van der Waals surface area (Å²) in [6.07, 6.45) is 1.42. The summed E-state index contributed by atoms with van der Waals surface area (Å²) in [5.41, 5.74) is 0.495. The topological polar surface area (TPSA) is 98.2 Å². The summed E-state index contributed by atoms with van der Waals surface area (Å²) >= 11 is 1.13. The van der Waals surface area contributed by atoms with E-state index in [-0.39, 0.29) is 27.4 Å². The van der Waals surface area contributed by atoms with Gasteiger partial charge in [-0.15, -0.1) is 23.4 Å². The number of sulfone groups is 1. The molecule has 2 aromatic rings. The Labute approximate surface area is 187 Å². The van der Waals surface area contributed by atoms with Gasteiger partial charge in [0.25, 0.3) is 0 Å². The second-order valence-corrected chi connectivity index (χ2v) is 11.2. The van der Waals surface area contributed by atoms with Gasteiger partial charge >= 0.3 is 6.36 Å². The van der Waals surface area contributed by atoms with Crippen molar-refractivity contribution in [3.8, 4) is 5.75 Å². The van der Waals surface area contributed by atoms with Crippen molar-refractivity contribution in [3.05, 3.63) is 29.3 Å². The maximum Gasteiger partial charge on any atom is 0.573 e. The van der Waals surface area contributed by atoms with Crippen LogP contribution >= 0.6 is 11.3 Å². The number of halogens is 3. The highest BCUT2D eigenvalue weighted by atomic mass is 32.2. The quantitative estimate of drug-likeness (QED) is 0.649. The van der Waals surface area contributed by atoms with Crippen molar-refractivity contribution in [2.45, 2.75) is 55.2 Å². The lowest BCUT2D eigenvalue weighted by molar-refractivity contribution is -0.274. The second-order valence-electron chi connectivity index (χ2n) is 8.36. The minimum Gasteiger partial charge on any atom is -0.406 e. The van der Waals surface area contributed by atoms with Gasteiger partial charge in [-0.05, 0) is 36.0 Å². The molecule has 2 unspecified atom stereocenters. The zero-order chi connectivity index (χ0) is 23.1. The molecule has 174 valence electrons. The Morgan fingerprint density at radius 2 is 1.97 bits per heavy atom. The number of aromatic nitrogens is 2. The number of hydrogen-bond donors (Lipinski definition) is 1. The number of alkyl halides is 3. The van der Waals surface area contributed by atoms with Gasteiger partial charge < -0.3 is 4.74 Å². The van der Waals surface area contributed by atoms with Gasteiger partial charge in [-0.25, -0.2) is 8.42 Å². The van der Waals surface area contributed by atoms with Crippen LogP contribution in [0.4, 0.5) is 18.3 Å². The number of benzene rings is 1. The maximum atomic E-state index is 13.5. The molecule has 32 heavy (non-hydrogen) atoms. The van der Waals surface area contributed by atoms with Gasteiger partial charge in [0.05, 0.1) is 10.3 Å². The van der Waals surface area contributed by atoms with E-state index in [1.54, 1.807) is 0 Å². The summed E-state index contributed by atoms with van der Waals surface area (Å²) < 4.78 is 67.2. The van der Waals surface area contributed by atoms with E-state index in [0.29, 0.717) is 6.42 Å². The van der Waals surface area contributed by atoms with Crippen molar-refractivity contribution in [3.63, 3.8) is 0 Å². The number of hydrogen-bond acceptors (Lipinski definition) is 7. The molecule has 2 aliphatic rings. The average Bonchev–Trinajstić information content (AvgIpc) is 3.27. The van der Waals surface area contributed by atoms with Crippen molar-refractivity contribution >= 4 is 32.2 Å². The minimum absolute atomic E-state index is 0.106. The predicted molar refractivity (Wildman–Crippen MR) is 111 cm³/mol. The van der Waals surface area contributed by atoms with Crippen molar-refractivity contribution < 1.29 is 31.1 Å². The largest absolute Gasteiger partial charge is 0.573 e. The Balaban J connectivity index is 1.78. The summed E-state index contributed by atoms with van der Waals surface area (Å²) in [6.45, 7) is 0. The number of carbonyl (C=O) groups excluding carboxylic acids is 1. The molecule has 1 aromatic carbocycles. The van der Waals surface area contributed by atoms with Crippen LogP contribution in [0.2, 0.25) is 0 Å². The predicted octanol–water partition coefficient (Wildman–Crippen LogP) is 4.32. The van der Waals surface area contributed by atoms with E-state index in [9.17, 15) is 26.4 Å². The van der Waals surface area contributed by atoms with E-state index in [0.717, 1.165) is 61.8 Å². The molecule has 4 rings (SSSR count). The Kier molecular flexibility index (Phi) is 5.95. The number of nitrogens with one attached hydrogen (secondary N) is 1. The average molecular weight is 490 g/mol. The molecule has 2 atom stereocenters. The lowest BCUT2D eigenvalue weighted by Crippen LogP contribution is -2.33. The van der Waals surface area contributed by atoms with Gasteiger partial charge in [0.1, 0.15) is 11.3 Å². The maximum absolute atomic E-state index is 13.5. The summed E-state index contributed by atoms with van der Waals surface area (Å²) in [5, 5.41) is 10.5. The number of carbonyl (C=O) groups is 1. The molecule has 0 saturated heterocycles. The third kappa shape index (κ3) is 4.61. The molecular weight excluding hydrogens is 467 g/mol. The zero-order valence-corrected chi connectivity index (χ0v) is 18.8. The van der Waals surface area contributed by atoms with Crippen molar-refractivity contribution in [2.75, 3.05) is 11.6 Å². The second kappa shape index (κ2) is 8.29. The smallest absolute Gasteiger partial charge is 0.406 e. The lowest BCUT2D eigenvalue weighted by atomic mass is 9.80. The lowest BCUT2D eigenvalue weighted by Gasteiger charge is -2.26. The highest BCUT2D eigenvalue weighted by Gasteiger charge is 2.64. The molecule has 2 saturated carbocycles. The van der Waals surface area contributed by atoms with E-state index in [1.165, 1.54) is 11.6 Å². The molecular formula is C20H22F3N3O4S2. The molecule has 0 radical (unpaired) electrons. The first kappa shape index (κ1) is 23.0. The van der Waals surface area contributed by atoms with Crippen LogP contribution < -0.4 is 10.1 Å². The van der Waals surface area contributed by atoms with Crippen LogP contribution in [0, 0.1) is 11.8 Å². The van der Waals surface area contributed by atoms with E-state index in [4.69, 9.17) is 0 Å². The third-order valence-electron chi connectivity index (χ3n) is 6.29. The van der Waals surface area contributed by atoms with Gasteiger partial charge in [0.15, 0.2) is 9.84 Å². The molecule has 1 aromatic heterocycles. The SMILES string of the molecule is CS(=O)(=O)c1cc(OC(F)(F)F)ccc1C1(C(=O)Nc2nncs2)CC1C1CCCCC1. The van der Waals surface area contributed by atoms with Crippen molar-refractivity contribution in [2.24, 2.45) is 11.8 Å². The molecule has 12 heteroatoms. The van der Waals surface area contributed by atoms with E-state index in [2.05, 4.69) is 20.3 Å². The number of anilines is 1. The van der Waals surface area contributed by atoms with E-state index in [1.807, 2.05) is 0 Å². The molecule has 7 nitrogen and oxygen atoms in total. The summed E-state index contributed by atoms with van der Waals surface area (Å²) in [7, 11) is -3.96. The van der Waals surface area contributed by atoms with Gasteiger partial charge in [-0.3, -0.25) is 10.1 Å². The van der Waals surface area contributed by atoms with E-state index >= 15 is 0 Å². The van der Waals surface area contributed by atoms with Crippen molar-refractivity contribution in [1.82, 2.24) is 10.2 Å². The molecule has 1 heterocycles. The fourth-order valence-corrected chi connectivity index (χ4v) is 6.32. The fourth-order valence-electron chi connectivity index (χ4n) is 4.90. The number of ether oxygens (including phenoxy) is 1. The first-order chi connectivity index (χ1) is 15.0. The summed E-state index contributed by atoms with van der Waals surface area (Å²) in [6, 6.07) is 3.20. The Morgan fingerprint density at radius 3 is 2.56 bits per heavy atom. The molecule has 1 N–H and O–H groups in total. The highest BCUT2D eigenvalue weighted by Crippen LogP contribution is 2.62. The molecule has 2 aliphatic carbocycles. The highest BCUT2D eigenvalue weighted by molar-refractivity contribution is 7.90. The number of rotatable bonds is 6. The first-order valence-electron chi connectivity index (χ1n) is 10.2. The normalized spacial score (nSPS) is 24.2. The molecule has 0 aliphatic heterocycles. The van der Waals surface area contributed by atoms with Gasteiger partial charge in [0, 0.05) is 6.26 Å². The van der Waals surface area contributed by atoms with Gasteiger partial charge in [0.2, 0.25) is 11.0 Å². The fraction of sp³-hybridized carbons (Fsp3) is 0.550. The van der Waals surface area contributed by atoms with Gasteiger partial charge in [-0.1, -0.05) is 49.5 Å². The molecule has 0 spiro atoms. The zero-order valence-electron chi connectivity index (χ0n) is 17.2. The molecule has 0 bridgehead atoms. The standard InChI is InChI=1S/C20H22F3N3O4S2/c1-32(28,29)16-9-13(30-20(21,22)23)7-8-14(16)19(17(27)25-18-26-24-11-31-18)10-15(19)12-5-3-2-4-6-12/h7-9,11-12,15H,2-6,10H2,1H3,(H,25,26,27). The van der Waals surface area contributed by atoms with Crippen LogP contribution in [-0.4, -0.2) is 37.1 Å². The molecule has 2 fully saturated rings. The summed E-state index contributed by atoms with van der Waals surface area (Å²) in [4.78, 5) is 13.1.